The molecule has 5 rings (SSSR count). The molecule has 1 amide bonds. The normalized spacial score (nSPS) is 15.6. The van der Waals surface area contributed by atoms with Crippen LogP contribution in [0.1, 0.15) is 39.9 Å². The second-order valence-electron chi connectivity index (χ2n) is 8.66. The van der Waals surface area contributed by atoms with Gasteiger partial charge in [0.15, 0.2) is 5.16 Å². The average Bonchev–Trinajstić information content (AvgIpc) is 3.51. The number of fused-ring (bicyclic) bond motifs is 1. The largest absolute Gasteiger partial charge is 0.376 e. The Kier molecular flexibility index (Phi) is 6.92. The van der Waals surface area contributed by atoms with Gasteiger partial charge in [-0.3, -0.25) is 9.78 Å². The van der Waals surface area contributed by atoms with Crippen molar-refractivity contribution in [2.24, 2.45) is 0 Å². The number of carbonyl (C=O) groups is 1. The molecule has 174 valence electrons. The van der Waals surface area contributed by atoms with Crippen LogP contribution in [0.4, 0.5) is 0 Å². The van der Waals surface area contributed by atoms with Gasteiger partial charge in [0.2, 0.25) is 0 Å². The number of thioether (sulfide) groups is 1. The third kappa shape index (κ3) is 5.32. The number of imidazole rings is 1. The third-order valence-corrected chi connectivity index (χ3v) is 7.12. The van der Waals surface area contributed by atoms with E-state index in [0.717, 1.165) is 53.5 Å². The fraction of sp³-hybridized carbons (Fsp3) is 0.296. The van der Waals surface area contributed by atoms with Crippen molar-refractivity contribution < 1.29 is 9.53 Å². The molecule has 1 atom stereocenters. The lowest BCUT2D eigenvalue weighted by Crippen LogP contribution is -2.31. The Morgan fingerprint density at radius 3 is 2.68 bits per heavy atom. The summed E-state index contributed by atoms with van der Waals surface area (Å²) in [6, 6.07) is 18.4. The van der Waals surface area contributed by atoms with Crippen LogP contribution in [0.25, 0.3) is 11.0 Å². The molecule has 6 nitrogen and oxygen atoms in total. The predicted molar refractivity (Wildman–Crippen MR) is 135 cm³/mol. The minimum absolute atomic E-state index is 0.0536. The Morgan fingerprint density at radius 2 is 1.91 bits per heavy atom. The van der Waals surface area contributed by atoms with Crippen molar-refractivity contribution in [3.05, 3.63) is 89.2 Å². The Labute approximate surface area is 203 Å². The zero-order valence-corrected chi connectivity index (χ0v) is 20.1. The van der Waals surface area contributed by atoms with Gasteiger partial charge in [-0.05, 0) is 49.1 Å². The fourth-order valence-corrected chi connectivity index (χ4v) is 5.07. The summed E-state index contributed by atoms with van der Waals surface area (Å²) < 4.78 is 7.80. The highest BCUT2D eigenvalue weighted by molar-refractivity contribution is 7.98. The molecule has 7 heteroatoms. The van der Waals surface area contributed by atoms with Gasteiger partial charge in [0.05, 0.1) is 29.9 Å². The van der Waals surface area contributed by atoms with Crippen LogP contribution >= 0.6 is 11.8 Å². The van der Waals surface area contributed by atoms with Crippen LogP contribution in [0.15, 0.2) is 72.1 Å². The molecular weight excluding hydrogens is 444 g/mol. The first kappa shape index (κ1) is 22.6. The Bertz CT molecular complexity index is 1260. The van der Waals surface area contributed by atoms with Crippen molar-refractivity contribution in [1.29, 1.82) is 0 Å². The van der Waals surface area contributed by atoms with Crippen molar-refractivity contribution in [2.75, 3.05) is 13.2 Å². The number of amides is 1. The molecule has 1 unspecified atom stereocenters. The first-order chi connectivity index (χ1) is 16.7. The minimum atomic E-state index is -0.0536. The van der Waals surface area contributed by atoms with E-state index in [4.69, 9.17) is 9.72 Å². The summed E-state index contributed by atoms with van der Waals surface area (Å²) in [7, 11) is 0. The predicted octanol–water partition coefficient (Wildman–Crippen LogP) is 4.99. The highest BCUT2D eigenvalue weighted by Gasteiger charge is 2.17. The van der Waals surface area contributed by atoms with Gasteiger partial charge in [-0.25, -0.2) is 4.98 Å². The number of nitrogens with one attached hydrogen (secondary N) is 1. The molecule has 4 aromatic rings. The number of hydrogen-bond donors (Lipinski definition) is 1. The van der Waals surface area contributed by atoms with Gasteiger partial charge in [-0.1, -0.05) is 53.7 Å². The molecule has 2 aromatic carbocycles. The van der Waals surface area contributed by atoms with E-state index in [2.05, 4.69) is 46.1 Å². The summed E-state index contributed by atoms with van der Waals surface area (Å²) >= 11 is 1.70. The number of rotatable bonds is 8. The standard InChI is InChI=1S/C27H28N4O2S/c1-19-4-6-20(7-5-19)17-31-25-16-28-13-12-24(25)30-27(31)34-18-21-8-10-22(11-9-21)26(32)29-15-23-3-2-14-33-23/h4-13,16,23H,2-3,14-15,17-18H2,1H3,(H,29,32). The maximum Gasteiger partial charge on any atom is 0.251 e. The molecular formula is C27H28N4O2S. The van der Waals surface area contributed by atoms with Crippen LogP contribution < -0.4 is 5.32 Å². The van der Waals surface area contributed by atoms with Gasteiger partial charge >= 0.3 is 0 Å². The van der Waals surface area contributed by atoms with Crippen LogP contribution in [0.2, 0.25) is 0 Å². The fourth-order valence-electron chi connectivity index (χ4n) is 4.10. The first-order valence-electron chi connectivity index (χ1n) is 11.6. The number of ether oxygens (including phenoxy) is 1. The number of benzene rings is 2. The summed E-state index contributed by atoms with van der Waals surface area (Å²) in [4.78, 5) is 21.6. The smallest absolute Gasteiger partial charge is 0.251 e. The van der Waals surface area contributed by atoms with Gasteiger partial charge in [0.25, 0.3) is 5.91 Å². The molecule has 0 bridgehead atoms. The molecule has 1 fully saturated rings. The molecule has 1 aliphatic heterocycles. The highest BCUT2D eigenvalue weighted by atomic mass is 32.2. The molecule has 1 aliphatic rings. The number of nitrogens with zero attached hydrogens (tertiary/aromatic N) is 3. The van der Waals surface area contributed by atoms with Crippen LogP contribution in [0.5, 0.6) is 0 Å². The summed E-state index contributed by atoms with van der Waals surface area (Å²) in [5, 5.41) is 3.94. The molecule has 0 saturated carbocycles. The monoisotopic (exact) mass is 472 g/mol. The summed E-state index contributed by atoms with van der Waals surface area (Å²) in [6.07, 6.45) is 5.89. The first-order valence-corrected chi connectivity index (χ1v) is 12.6. The van der Waals surface area contributed by atoms with Gasteiger partial charge in [-0.2, -0.15) is 0 Å². The molecule has 1 N–H and O–H groups in total. The van der Waals surface area contributed by atoms with E-state index in [1.807, 2.05) is 36.5 Å². The highest BCUT2D eigenvalue weighted by Crippen LogP contribution is 2.27. The Balaban J connectivity index is 1.26. The quantitative estimate of drug-likeness (QED) is 0.366. The minimum Gasteiger partial charge on any atom is -0.376 e. The van der Waals surface area contributed by atoms with Crippen LogP contribution in [0.3, 0.4) is 0 Å². The van der Waals surface area contributed by atoms with E-state index in [-0.39, 0.29) is 12.0 Å². The Hall–Kier alpha value is -3.16. The number of pyridine rings is 1. The van der Waals surface area contributed by atoms with Crippen molar-refractivity contribution in [3.63, 3.8) is 0 Å². The van der Waals surface area contributed by atoms with E-state index < -0.39 is 0 Å². The zero-order chi connectivity index (χ0) is 23.3. The van der Waals surface area contributed by atoms with E-state index in [1.54, 1.807) is 18.0 Å². The van der Waals surface area contributed by atoms with Crippen LogP contribution in [0, 0.1) is 6.92 Å². The van der Waals surface area contributed by atoms with Crippen LogP contribution in [-0.4, -0.2) is 39.7 Å². The number of aryl methyl sites for hydroxylation is 1. The number of carbonyl (C=O) groups excluding carboxylic acids is 1. The molecule has 2 aromatic heterocycles. The van der Waals surface area contributed by atoms with Crippen LogP contribution in [-0.2, 0) is 17.0 Å². The molecule has 0 spiro atoms. The zero-order valence-electron chi connectivity index (χ0n) is 19.2. The lowest BCUT2D eigenvalue weighted by molar-refractivity contribution is 0.0858. The number of hydrogen-bond acceptors (Lipinski definition) is 5. The Morgan fingerprint density at radius 1 is 1.12 bits per heavy atom. The van der Waals surface area contributed by atoms with E-state index >= 15 is 0 Å². The molecule has 0 aliphatic carbocycles. The van der Waals surface area contributed by atoms with Gasteiger partial charge in [-0.15, -0.1) is 0 Å². The molecule has 3 heterocycles. The lowest BCUT2D eigenvalue weighted by Gasteiger charge is -2.11. The van der Waals surface area contributed by atoms with E-state index in [9.17, 15) is 4.79 Å². The molecule has 1 saturated heterocycles. The van der Waals surface area contributed by atoms with Crippen molar-refractivity contribution >= 4 is 28.7 Å². The van der Waals surface area contributed by atoms with E-state index in [0.29, 0.717) is 12.1 Å². The van der Waals surface area contributed by atoms with E-state index in [1.165, 1.54) is 11.1 Å². The van der Waals surface area contributed by atoms with Gasteiger partial charge in [0.1, 0.15) is 0 Å². The summed E-state index contributed by atoms with van der Waals surface area (Å²) in [6.45, 7) is 4.21. The molecule has 0 radical (unpaired) electrons. The third-order valence-electron chi connectivity index (χ3n) is 6.08. The molecule has 34 heavy (non-hydrogen) atoms. The SMILES string of the molecule is Cc1ccc(Cn2c(SCc3ccc(C(=O)NCC4CCCO4)cc3)nc3ccncc32)cc1. The van der Waals surface area contributed by atoms with Gasteiger partial charge < -0.3 is 14.6 Å². The lowest BCUT2D eigenvalue weighted by atomic mass is 10.1. The number of aromatic nitrogens is 3. The second-order valence-corrected chi connectivity index (χ2v) is 9.60. The van der Waals surface area contributed by atoms with Gasteiger partial charge in [0, 0.05) is 30.7 Å². The van der Waals surface area contributed by atoms with Crippen molar-refractivity contribution in [3.8, 4) is 0 Å². The average molecular weight is 473 g/mol. The maximum atomic E-state index is 12.4. The summed E-state index contributed by atoms with van der Waals surface area (Å²) in [5.74, 6) is 0.713. The summed E-state index contributed by atoms with van der Waals surface area (Å²) in [5.41, 5.74) is 6.28. The maximum absolute atomic E-state index is 12.4. The van der Waals surface area contributed by atoms with Crippen molar-refractivity contribution in [1.82, 2.24) is 19.9 Å². The van der Waals surface area contributed by atoms with Crippen molar-refractivity contribution in [2.45, 2.75) is 43.3 Å². The topological polar surface area (TPSA) is 69.0 Å². The second kappa shape index (κ2) is 10.4.